The normalized spacial score (nSPS) is 17.8. The van der Waals surface area contributed by atoms with Crippen LogP contribution in [0, 0.1) is 6.92 Å². The number of carbonyl (C=O) groups is 1. The summed E-state index contributed by atoms with van der Waals surface area (Å²) in [5, 5.41) is 13.4. The van der Waals surface area contributed by atoms with E-state index in [1.807, 2.05) is 0 Å². The number of aromatic amines is 1. The minimum atomic E-state index is -4.32. The average Bonchev–Trinajstić information content (AvgIpc) is 3.03. The van der Waals surface area contributed by atoms with Gasteiger partial charge in [-0.05, 0) is 37.8 Å². The quantitative estimate of drug-likeness (QED) is 0.908. The number of H-pyrrole nitrogens is 1. The van der Waals surface area contributed by atoms with Crippen LogP contribution in [-0.4, -0.2) is 32.1 Å². The number of fused-ring (bicyclic) bond motifs is 1. The third-order valence-electron chi connectivity index (χ3n) is 3.72. The first-order valence-corrected chi connectivity index (χ1v) is 7.28. The Balaban J connectivity index is 1.77. The molecule has 2 N–H and O–H groups in total. The van der Waals surface area contributed by atoms with Gasteiger partial charge in [-0.1, -0.05) is 0 Å². The van der Waals surface area contributed by atoms with Gasteiger partial charge in [-0.15, -0.1) is 0 Å². The molecule has 1 aliphatic rings. The van der Waals surface area contributed by atoms with Gasteiger partial charge in [0, 0.05) is 11.9 Å². The van der Waals surface area contributed by atoms with Crippen molar-refractivity contribution in [2.45, 2.75) is 44.9 Å². The average molecular weight is 327 g/mol. The predicted molar refractivity (Wildman–Crippen MR) is 74.8 cm³/mol. The molecule has 0 saturated heterocycles. The van der Waals surface area contributed by atoms with E-state index in [1.54, 1.807) is 13.0 Å². The highest BCUT2D eigenvalue weighted by Gasteiger charge is 2.31. The van der Waals surface area contributed by atoms with Gasteiger partial charge in [0.15, 0.2) is 0 Å². The third-order valence-corrected chi connectivity index (χ3v) is 3.72. The molecule has 0 bridgehead atoms. The minimum absolute atomic E-state index is 0.254. The molecule has 0 radical (unpaired) electrons. The summed E-state index contributed by atoms with van der Waals surface area (Å²) >= 11 is 0. The highest BCUT2D eigenvalue weighted by atomic mass is 19.4. The Morgan fingerprint density at radius 3 is 2.96 bits per heavy atom. The number of carbonyl (C=O) groups excluding carboxylic acids is 1. The van der Waals surface area contributed by atoms with Crippen LogP contribution in [0.5, 0.6) is 0 Å². The Labute approximate surface area is 130 Å². The lowest BCUT2D eigenvalue weighted by atomic mass is 9.93. The molecule has 124 valence electrons. The molecule has 0 saturated carbocycles. The van der Waals surface area contributed by atoms with Crippen molar-refractivity contribution in [1.29, 1.82) is 0 Å². The molecule has 0 aromatic carbocycles. The number of hydrogen-bond donors (Lipinski definition) is 2. The highest BCUT2D eigenvalue weighted by molar-refractivity contribution is 5.92. The van der Waals surface area contributed by atoms with Gasteiger partial charge in [-0.25, -0.2) is 0 Å². The molecule has 1 atom stereocenters. The Kier molecular flexibility index (Phi) is 3.87. The first-order chi connectivity index (χ1) is 10.8. The predicted octanol–water partition coefficient (Wildman–Crippen LogP) is 2.28. The fraction of sp³-hybridized carbons (Fsp3) is 0.500. The molecule has 0 spiro atoms. The van der Waals surface area contributed by atoms with Crippen molar-refractivity contribution in [2.24, 2.45) is 0 Å². The third kappa shape index (κ3) is 3.54. The van der Waals surface area contributed by atoms with Crippen molar-refractivity contribution < 1.29 is 18.0 Å². The number of amides is 1. The Morgan fingerprint density at radius 1 is 1.52 bits per heavy atom. The van der Waals surface area contributed by atoms with E-state index in [0.29, 0.717) is 18.5 Å². The van der Waals surface area contributed by atoms with Gasteiger partial charge in [0.05, 0.1) is 11.7 Å². The molecule has 9 heteroatoms. The van der Waals surface area contributed by atoms with Crippen molar-refractivity contribution in [3.63, 3.8) is 0 Å². The van der Waals surface area contributed by atoms with Gasteiger partial charge in [-0.3, -0.25) is 14.6 Å². The summed E-state index contributed by atoms with van der Waals surface area (Å²) in [4.78, 5) is 12.2. The van der Waals surface area contributed by atoms with Crippen LogP contribution < -0.4 is 5.32 Å². The lowest BCUT2D eigenvalue weighted by molar-refractivity contribution is -0.142. The Bertz CT molecular complexity index is 718. The number of rotatable bonds is 3. The first kappa shape index (κ1) is 15.6. The zero-order chi connectivity index (χ0) is 16.6. The van der Waals surface area contributed by atoms with E-state index < -0.39 is 18.8 Å². The first-order valence-electron chi connectivity index (χ1n) is 7.28. The van der Waals surface area contributed by atoms with E-state index in [1.165, 1.54) is 6.20 Å². The van der Waals surface area contributed by atoms with E-state index in [0.717, 1.165) is 22.4 Å². The maximum Gasteiger partial charge on any atom is 0.408 e. The second-order valence-electron chi connectivity index (χ2n) is 5.71. The lowest BCUT2D eigenvalue weighted by Gasteiger charge is -2.21. The van der Waals surface area contributed by atoms with Crippen LogP contribution in [-0.2, 0) is 13.0 Å². The van der Waals surface area contributed by atoms with Gasteiger partial charge < -0.3 is 5.32 Å². The molecule has 2 heterocycles. The molecule has 1 unspecified atom stereocenters. The van der Waals surface area contributed by atoms with Gasteiger partial charge >= 0.3 is 6.18 Å². The smallest absolute Gasteiger partial charge is 0.342 e. The molecular formula is C14H16F3N5O. The van der Waals surface area contributed by atoms with Crippen LogP contribution in [0.1, 0.15) is 46.3 Å². The van der Waals surface area contributed by atoms with Crippen molar-refractivity contribution in [3.05, 3.63) is 34.9 Å². The number of aryl methyl sites for hydroxylation is 2. The summed E-state index contributed by atoms with van der Waals surface area (Å²) in [6.45, 7) is 0.653. The van der Waals surface area contributed by atoms with Crippen molar-refractivity contribution in [2.75, 3.05) is 0 Å². The zero-order valence-electron chi connectivity index (χ0n) is 12.4. The van der Waals surface area contributed by atoms with Crippen LogP contribution in [0.3, 0.4) is 0 Å². The van der Waals surface area contributed by atoms with Crippen LogP contribution in [0.15, 0.2) is 12.3 Å². The Morgan fingerprint density at radius 2 is 2.30 bits per heavy atom. The molecule has 2 aromatic heterocycles. The van der Waals surface area contributed by atoms with Gasteiger partial charge in [-0.2, -0.15) is 23.4 Å². The number of nitrogens with one attached hydrogen (secondary N) is 2. The van der Waals surface area contributed by atoms with Crippen LogP contribution in [0.4, 0.5) is 13.2 Å². The zero-order valence-corrected chi connectivity index (χ0v) is 12.4. The van der Waals surface area contributed by atoms with E-state index in [2.05, 4.69) is 20.6 Å². The summed E-state index contributed by atoms with van der Waals surface area (Å²) in [5.41, 5.74) is 2.28. The van der Waals surface area contributed by atoms with E-state index in [9.17, 15) is 18.0 Å². The topological polar surface area (TPSA) is 75.6 Å². The molecule has 3 rings (SSSR count). The number of alkyl halides is 3. The molecule has 2 aromatic rings. The Hall–Kier alpha value is -2.32. The van der Waals surface area contributed by atoms with E-state index >= 15 is 0 Å². The van der Waals surface area contributed by atoms with Gasteiger partial charge in [0.1, 0.15) is 12.2 Å². The van der Waals surface area contributed by atoms with Gasteiger partial charge in [0.2, 0.25) is 0 Å². The fourth-order valence-electron chi connectivity index (χ4n) is 2.77. The molecule has 0 fully saturated rings. The number of halogens is 3. The van der Waals surface area contributed by atoms with Crippen LogP contribution in [0.2, 0.25) is 0 Å². The SMILES string of the molecule is Cc1cc(C(=O)NC2CCCc3cn(CC(F)(F)F)nc32)n[nH]1. The summed E-state index contributed by atoms with van der Waals surface area (Å²) in [6.07, 6.45) is -0.804. The monoisotopic (exact) mass is 327 g/mol. The molecule has 6 nitrogen and oxygen atoms in total. The second-order valence-corrected chi connectivity index (χ2v) is 5.71. The largest absolute Gasteiger partial charge is 0.408 e. The maximum absolute atomic E-state index is 12.5. The number of nitrogens with zero attached hydrogens (tertiary/aromatic N) is 3. The molecule has 1 amide bonds. The second kappa shape index (κ2) is 5.71. The molecular weight excluding hydrogens is 311 g/mol. The summed E-state index contributed by atoms with van der Waals surface area (Å²) in [6, 6.07) is 1.22. The number of aromatic nitrogens is 4. The van der Waals surface area contributed by atoms with Crippen LogP contribution >= 0.6 is 0 Å². The van der Waals surface area contributed by atoms with Crippen molar-refractivity contribution in [1.82, 2.24) is 25.3 Å². The molecule has 1 aliphatic carbocycles. The van der Waals surface area contributed by atoms with Crippen molar-refractivity contribution in [3.8, 4) is 0 Å². The van der Waals surface area contributed by atoms with Gasteiger partial charge in [0.25, 0.3) is 5.91 Å². The van der Waals surface area contributed by atoms with E-state index in [4.69, 9.17) is 0 Å². The highest BCUT2D eigenvalue weighted by Crippen LogP contribution is 2.29. The summed E-state index contributed by atoms with van der Waals surface area (Å²) < 4.78 is 38.4. The molecule has 0 aliphatic heterocycles. The summed E-state index contributed by atoms with van der Waals surface area (Å²) in [5.74, 6) is -0.363. The number of hydrogen-bond acceptors (Lipinski definition) is 3. The van der Waals surface area contributed by atoms with Crippen LogP contribution in [0.25, 0.3) is 0 Å². The minimum Gasteiger partial charge on any atom is -0.342 e. The molecule has 23 heavy (non-hydrogen) atoms. The van der Waals surface area contributed by atoms with Crippen molar-refractivity contribution >= 4 is 5.91 Å². The maximum atomic E-state index is 12.5. The fourth-order valence-corrected chi connectivity index (χ4v) is 2.77. The lowest BCUT2D eigenvalue weighted by Crippen LogP contribution is -2.31. The standard InChI is InChI=1S/C14H16F3N5O/c1-8-5-11(20-19-8)13(23)18-10-4-2-3-9-6-22(21-12(9)10)7-14(15,16)17/h5-6,10H,2-4,7H2,1H3,(H,18,23)(H,19,20). The summed E-state index contributed by atoms with van der Waals surface area (Å²) in [7, 11) is 0. The van der Waals surface area contributed by atoms with E-state index in [-0.39, 0.29) is 11.6 Å².